The second-order valence-electron chi connectivity index (χ2n) is 9.55. The summed E-state index contributed by atoms with van der Waals surface area (Å²) < 4.78 is 58.3. The fraction of sp³-hybridized carbons (Fsp3) is 0.458. The highest BCUT2D eigenvalue weighted by atomic mass is 79.9. The van der Waals surface area contributed by atoms with Crippen molar-refractivity contribution in [2.24, 2.45) is 0 Å². The summed E-state index contributed by atoms with van der Waals surface area (Å²) in [4.78, 5) is 12.6. The lowest BCUT2D eigenvalue weighted by Crippen LogP contribution is -2.50. The van der Waals surface area contributed by atoms with Gasteiger partial charge in [0.25, 0.3) is 0 Å². The van der Waals surface area contributed by atoms with Gasteiger partial charge in [-0.3, -0.25) is 0 Å². The number of carbonyl (C=O) groups excluding carboxylic acids is 1. The first-order chi connectivity index (χ1) is 16.2. The van der Waals surface area contributed by atoms with Crippen molar-refractivity contribution in [1.82, 2.24) is 10.6 Å². The Kier molecular flexibility index (Phi) is 8.56. The Morgan fingerprint density at radius 3 is 2.49 bits per heavy atom. The predicted octanol–water partition coefficient (Wildman–Crippen LogP) is 4.03. The van der Waals surface area contributed by atoms with Crippen LogP contribution >= 0.6 is 15.9 Å². The lowest BCUT2D eigenvalue weighted by Gasteiger charge is -2.30. The van der Waals surface area contributed by atoms with Crippen LogP contribution in [0.1, 0.15) is 44.4 Å². The maximum atomic E-state index is 13.7. The number of hydrogen-bond donors (Lipinski definition) is 3. The monoisotopic (exact) mass is 574 g/mol. The van der Waals surface area contributed by atoms with E-state index < -0.39 is 45.3 Å². The number of nitrogens with one attached hydrogen (secondary N) is 2. The lowest BCUT2D eigenvalue weighted by atomic mass is 9.99. The van der Waals surface area contributed by atoms with Crippen LogP contribution in [-0.2, 0) is 21.0 Å². The molecule has 7 nitrogen and oxygen atoms in total. The van der Waals surface area contributed by atoms with Gasteiger partial charge < -0.3 is 20.5 Å². The molecule has 3 rings (SSSR count). The zero-order valence-corrected chi connectivity index (χ0v) is 22.0. The van der Waals surface area contributed by atoms with Crippen LogP contribution in [0.4, 0.5) is 13.6 Å². The van der Waals surface area contributed by atoms with E-state index in [1.807, 2.05) is 0 Å². The van der Waals surface area contributed by atoms with Gasteiger partial charge in [0.2, 0.25) is 0 Å². The summed E-state index contributed by atoms with van der Waals surface area (Å²) in [5, 5.41) is 16.7. The van der Waals surface area contributed by atoms with Crippen LogP contribution in [0.25, 0.3) is 0 Å². The number of sulfone groups is 1. The Hall–Kier alpha value is -2.08. The normalized spacial score (nSPS) is 18.9. The largest absolute Gasteiger partial charge is 0.444 e. The Labute approximate surface area is 212 Å². The highest BCUT2D eigenvalue weighted by Crippen LogP contribution is 2.34. The Morgan fingerprint density at radius 2 is 1.86 bits per heavy atom. The fourth-order valence-corrected chi connectivity index (χ4v) is 5.94. The van der Waals surface area contributed by atoms with Crippen molar-refractivity contribution in [2.45, 2.75) is 62.3 Å². The van der Waals surface area contributed by atoms with Gasteiger partial charge in [0, 0.05) is 23.1 Å². The van der Waals surface area contributed by atoms with Crippen LogP contribution in [0.5, 0.6) is 0 Å². The number of benzene rings is 2. The molecule has 0 fully saturated rings. The maximum absolute atomic E-state index is 13.7. The SMILES string of the molecule is CC(C)(C)OC(=O)NC(Cc1cc(F)cc(F)c1)C(O)CNC1CCS(=O)(=O)c2ccc(Br)cc21. The number of rotatable bonds is 7. The Bertz CT molecular complexity index is 1170. The Morgan fingerprint density at radius 1 is 1.20 bits per heavy atom. The molecule has 0 spiro atoms. The van der Waals surface area contributed by atoms with Gasteiger partial charge in [-0.2, -0.15) is 0 Å². The van der Waals surface area contributed by atoms with Crippen LogP contribution in [0.15, 0.2) is 45.8 Å². The van der Waals surface area contributed by atoms with E-state index in [1.54, 1.807) is 39.0 Å². The second kappa shape index (κ2) is 10.9. The van der Waals surface area contributed by atoms with Crippen molar-refractivity contribution in [1.29, 1.82) is 0 Å². The highest BCUT2D eigenvalue weighted by molar-refractivity contribution is 9.10. The number of hydrogen-bond acceptors (Lipinski definition) is 6. The van der Waals surface area contributed by atoms with E-state index in [4.69, 9.17) is 4.74 Å². The second-order valence-corrected chi connectivity index (χ2v) is 12.5. The van der Waals surface area contributed by atoms with Crippen molar-refractivity contribution in [3.63, 3.8) is 0 Å². The van der Waals surface area contributed by atoms with E-state index in [0.29, 0.717) is 12.0 Å². The van der Waals surface area contributed by atoms with E-state index in [2.05, 4.69) is 26.6 Å². The standard InChI is InChI=1S/C24H29BrF2N2O5S/c1-24(2,3)34-23(31)29-20(10-14-8-16(26)12-17(27)9-14)21(30)13-28-19-6-7-35(32,33)22-5-4-15(25)11-18(19)22/h4-5,8-9,11-12,19-21,28,30H,6-7,10,13H2,1-3H3,(H,29,31). The molecule has 0 saturated carbocycles. The van der Waals surface area contributed by atoms with E-state index in [1.165, 1.54) is 0 Å². The number of ether oxygens (including phenoxy) is 1. The first kappa shape index (κ1) is 27.5. The fourth-order valence-electron chi connectivity index (χ4n) is 3.96. The van der Waals surface area contributed by atoms with Crippen LogP contribution in [-0.4, -0.2) is 49.7 Å². The minimum absolute atomic E-state index is 0.0189. The molecule has 35 heavy (non-hydrogen) atoms. The summed E-state index contributed by atoms with van der Waals surface area (Å²) in [6.07, 6.45) is -1.71. The third-order valence-corrected chi connectivity index (χ3v) is 7.78. The molecule has 1 aliphatic heterocycles. The smallest absolute Gasteiger partial charge is 0.407 e. The van der Waals surface area contributed by atoms with E-state index >= 15 is 0 Å². The van der Waals surface area contributed by atoms with E-state index in [-0.39, 0.29) is 35.2 Å². The Balaban J connectivity index is 1.77. The zero-order chi connectivity index (χ0) is 26.0. The number of fused-ring (bicyclic) bond motifs is 1. The maximum Gasteiger partial charge on any atom is 0.407 e. The van der Waals surface area contributed by atoms with Gasteiger partial charge in [-0.25, -0.2) is 22.0 Å². The van der Waals surface area contributed by atoms with Crippen LogP contribution in [0.3, 0.4) is 0 Å². The average molecular weight is 575 g/mol. The van der Waals surface area contributed by atoms with Crippen LogP contribution in [0, 0.1) is 11.6 Å². The molecule has 0 radical (unpaired) electrons. The molecule has 0 bridgehead atoms. The highest BCUT2D eigenvalue weighted by Gasteiger charge is 2.32. The average Bonchev–Trinajstić information content (AvgIpc) is 2.70. The zero-order valence-electron chi connectivity index (χ0n) is 19.6. The van der Waals surface area contributed by atoms with E-state index in [9.17, 15) is 27.1 Å². The summed E-state index contributed by atoms with van der Waals surface area (Å²) in [6, 6.07) is 6.64. The number of aliphatic hydroxyl groups is 1. The molecule has 3 N–H and O–H groups in total. The molecule has 0 saturated heterocycles. The minimum Gasteiger partial charge on any atom is -0.444 e. The van der Waals surface area contributed by atoms with Crippen molar-refractivity contribution in [3.8, 4) is 0 Å². The molecule has 1 amide bonds. The number of aliphatic hydroxyl groups excluding tert-OH is 1. The van der Waals surface area contributed by atoms with Crippen molar-refractivity contribution in [2.75, 3.05) is 12.3 Å². The first-order valence-corrected chi connectivity index (χ1v) is 13.6. The van der Waals surface area contributed by atoms with Crippen molar-refractivity contribution in [3.05, 3.63) is 63.6 Å². The summed E-state index contributed by atoms with van der Waals surface area (Å²) in [5.41, 5.74) is 0.0512. The molecule has 11 heteroatoms. The summed E-state index contributed by atoms with van der Waals surface area (Å²) in [7, 11) is -3.40. The van der Waals surface area contributed by atoms with Gasteiger partial charge in [-0.1, -0.05) is 15.9 Å². The summed E-state index contributed by atoms with van der Waals surface area (Å²) in [5.74, 6) is -1.58. The van der Waals surface area contributed by atoms with Gasteiger partial charge in [-0.15, -0.1) is 0 Å². The molecule has 2 aromatic carbocycles. The molecule has 0 aliphatic carbocycles. The molecule has 3 atom stereocenters. The quantitative estimate of drug-likeness (QED) is 0.461. The van der Waals surface area contributed by atoms with E-state index in [0.717, 1.165) is 22.7 Å². The summed E-state index contributed by atoms with van der Waals surface area (Å²) in [6.45, 7) is 5.05. The predicted molar refractivity (Wildman–Crippen MR) is 131 cm³/mol. The first-order valence-electron chi connectivity index (χ1n) is 11.1. The number of alkyl carbamates (subject to hydrolysis) is 1. The topological polar surface area (TPSA) is 105 Å². The number of halogens is 3. The van der Waals surface area contributed by atoms with Gasteiger partial charge in [0.05, 0.1) is 22.8 Å². The summed E-state index contributed by atoms with van der Waals surface area (Å²) >= 11 is 3.36. The van der Waals surface area contributed by atoms with Crippen LogP contribution in [0.2, 0.25) is 0 Å². The molecule has 1 heterocycles. The molecule has 3 unspecified atom stereocenters. The molecule has 1 aliphatic rings. The third-order valence-electron chi connectivity index (χ3n) is 5.48. The third kappa shape index (κ3) is 7.70. The molecular formula is C24H29BrF2N2O5S. The molecular weight excluding hydrogens is 546 g/mol. The van der Waals surface area contributed by atoms with Crippen molar-refractivity contribution < 1.29 is 31.8 Å². The number of carbonyl (C=O) groups is 1. The van der Waals surface area contributed by atoms with Gasteiger partial charge in [0.1, 0.15) is 17.2 Å². The minimum atomic E-state index is -3.40. The molecule has 0 aromatic heterocycles. The molecule has 2 aromatic rings. The van der Waals surface area contributed by atoms with Crippen LogP contribution < -0.4 is 10.6 Å². The lowest BCUT2D eigenvalue weighted by molar-refractivity contribution is 0.0419. The number of amides is 1. The van der Waals surface area contributed by atoms with Gasteiger partial charge in [0.15, 0.2) is 9.84 Å². The van der Waals surface area contributed by atoms with Gasteiger partial charge >= 0.3 is 6.09 Å². The molecule has 192 valence electrons. The van der Waals surface area contributed by atoms with Crippen molar-refractivity contribution >= 4 is 31.9 Å². The van der Waals surface area contributed by atoms with Gasteiger partial charge in [-0.05, 0) is 75.1 Å².